The highest BCUT2D eigenvalue weighted by Gasteiger charge is 2.30. The average molecular weight is 382 g/mol. The molecule has 0 atom stereocenters. The molecule has 1 aliphatic heterocycles. The van der Waals surface area contributed by atoms with Crippen LogP contribution in [-0.4, -0.2) is 35.1 Å². The van der Waals surface area contributed by atoms with Crippen molar-refractivity contribution in [2.24, 2.45) is 17.6 Å². The summed E-state index contributed by atoms with van der Waals surface area (Å²) in [6.45, 7) is 8.12. The molecule has 4 rings (SSSR count). The van der Waals surface area contributed by atoms with E-state index in [1.807, 2.05) is 0 Å². The van der Waals surface area contributed by atoms with Crippen LogP contribution in [-0.2, 0) is 6.42 Å². The molecule has 0 radical (unpaired) electrons. The molecule has 154 valence electrons. The van der Waals surface area contributed by atoms with E-state index < -0.39 is 0 Å². The lowest BCUT2D eigenvalue weighted by Crippen LogP contribution is -2.43. The van der Waals surface area contributed by atoms with E-state index in [1.54, 1.807) is 0 Å². The molecule has 1 aromatic heterocycles. The van der Waals surface area contributed by atoms with Crippen molar-refractivity contribution < 1.29 is 0 Å². The highest BCUT2D eigenvalue weighted by Crippen LogP contribution is 2.36. The molecule has 3 nitrogen and oxygen atoms in total. The lowest BCUT2D eigenvalue weighted by Gasteiger charge is -2.42. The zero-order chi connectivity index (χ0) is 19.5. The Morgan fingerprint density at radius 2 is 1.68 bits per heavy atom. The summed E-state index contributed by atoms with van der Waals surface area (Å²) in [6.07, 6.45) is 12.9. The molecule has 0 spiro atoms. The minimum absolute atomic E-state index is 0.653. The summed E-state index contributed by atoms with van der Waals surface area (Å²) in [5.74, 6) is 1.83. The lowest BCUT2D eigenvalue weighted by atomic mass is 9.79. The second-order valence-electron chi connectivity index (χ2n) is 9.55. The minimum Gasteiger partial charge on any atom is -0.344 e. The molecule has 0 amide bonds. The first-order chi connectivity index (χ1) is 13.7. The fraction of sp³-hybridized carbons (Fsp3) is 0.680. The van der Waals surface area contributed by atoms with Crippen LogP contribution in [0.1, 0.15) is 70.4 Å². The number of benzene rings is 1. The molecular weight excluding hydrogens is 342 g/mol. The molecule has 3 heteroatoms. The standard InChI is InChI=1S/C25H39N3/c1-19(2)20-9-11-22(12-10-20)27-16-13-23(14-17-27)28-18-21(6-5-15-26)24-7-3-4-8-25(24)28/h3-4,7-8,18-20,22-23H,5-6,9-17,26H2,1-2H3. The van der Waals surface area contributed by atoms with Gasteiger partial charge in [-0.05, 0) is 81.4 Å². The summed E-state index contributed by atoms with van der Waals surface area (Å²) in [5.41, 5.74) is 8.67. The van der Waals surface area contributed by atoms with Crippen LogP contribution in [0.3, 0.4) is 0 Å². The van der Waals surface area contributed by atoms with E-state index in [9.17, 15) is 0 Å². The Hall–Kier alpha value is -1.32. The Kier molecular flexibility index (Phi) is 6.42. The molecule has 2 aliphatic rings. The largest absolute Gasteiger partial charge is 0.344 e. The smallest absolute Gasteiger partial charge is 0.0485 e. The zero-order valence-corrected chi connectivity index (χ0v) is 17.9. The van der Waals surface area contributed by atoms with Crippen LogP contribution >= 0.6 is 0 Å². The van der Waals surface area contributed by atoms with Gasteiger partial charge in [0, 0.05) is 42.3 Å². The summed E-state index contributed by atoms with van der Waals surface area (Å²) < 4.78 is 2.59. The molecule has 1 saturated heterocycles. The lowest BCUT2D eigenvalue weighted by molar-refractivity contribution is 0.0894. The van der Waals surface area contributed by atoms with E-state index >= 15 is 0 Å². The molecule has 0 bridgehead atoms. The van der Waals surface area contributed by atoms with Gasteiger partial charge in [-0.1, -0.05) is 32.0 Å². The fourth-order valence-corrected chi connectivity index (χ4v) is 5.73. The van der Waals surface area contributed by atoms with Gasteiger partial charge in [-0.25, -0.2) is 0 Å². The Morgan fingerprint density at radius 1 is 0.964 bits per heavy atom. The SMILES string of the molecule is CC(C)C1CCC(N2CCC(n3cc(CCCN)c4ccccc43)CC2)CC1. The molecular formula is C25H39N3. The van der Waals surface area contributed by atoms with Gasteiger partial charge in [-0.15, -0.1) is 0 Å². The van der Waals surface area contributed by atoms with Gasteiger partial charge in [0.15, 0.2) is 0 Å². The van der Waals surface area contributed by atoms with E-state index in [-0.39, 0.29) is 0 Å². The molecule has 1 aliphatic carbocycles. The van der Waals surface area contributed by atoms with Gasteiger partial charge in [0.2, 0.25) is 0 Å². The van der Waals surface area contributed by atoms with Crippen molar-refractivity contribution in [1.29, 1.82) is 0 Å². The van der Waals surface area contributed by atoms with Crippen LogP contribution in [0.4, 0.5) is 0 Å². The van der Waals surface area contributed by atoms with Crippen LogP contribution in [0.25, 0.3) is 10.9 Å². The number of hydrogen-bond acceptors (Lipinski definition) is 2. The van der Waals surface area contributed by atoms with Gasteiger partial charge in [0.1, 0.15) is 0 Å². The predicted molar refractivity (Wildman–Crippen MR) is 120 cm³/mol. The number of piperidine rings is 1. The average Bonchev–Trinajstić information content (AvgIpc) is 3.11. The van der Waals surface area contributed by atoms with Gasteiger partial charge < -0.3 is 15.2 Å². The Bertz CT molecular complexity index is 746. The maximum Gasteiger partial charge on any atom is 0.0485 e. The van der Waals surface area contributed by atoms with Gasteiger partial charge in [-0.3, -0.25) is 0 Å². The Morgan fingerprint density at radius 3 is 2.36 bits per heavy atom. The Labute approximate surface area is 171 Å². The first kappa shape index (κ1) is 20.0. The third-order valence-corrected chi connectivity index (χ3v) is 7.57. The number of fused-ring (bicyclic) bond motifs is 1. The maximum atomic E-state index is 5.77. The van der Waals surface area contributed by atoms with Gasteiger partial charge in [-0.2, -0.15) is 0 Å². The topological polar surface area (TPSA) is 34.2 Å². The summed E-state index contributed by atoms with van der Waals surface area (Å²) in [7, 11) is 0. The summed E-state index contributed by atoms with van der Waals surface area (Å²) in [6, 6.07) is 10.5. The van der Waals surface area contributed by atoms with Gasteiger partial charge >= 0.3 is 0 Å². The second-order valence-corrected chi connectivity index (χ2v) is 9.55. The molecule has 0 unspecified atom stereocenters. The molecule has 28 heavy (non-hydrogen) atoms. The number of likely N-dealkylation sites (tertiary alicyclic amines) is 1. The Balaban J connectivity index is 1.40. The highest BCUT2D eigenvalue weighted by atomic mass is 15.2. The van der Waals surface area contributed by atoms with E-state index in [2.05, 4.69) is 53.8 Å². The number of rotatable bonds is 6. The molecule has 2 fully saturated rings. The van der Waals surface area contributed by atoms with E-state index in [0.29, 0.717) is 6.04 Å². The third-order valence-electron chi connectivity index (χ3n) is 7.57. The number of aryl methyl sites for hydroxylation is 1. The summed E-state index contributed by atoms with van der Waals surface area (Å²) in [5, 5.41) is 1.44. The first-order valence-corrected chi connectivity index (χ1v) is 11.7. The highest BCUT2D eigenvalue weighted by molar-refractivity contribution is 5.84. The number of para-hydroxylation sites is 1. The van der Waals surface area contributed by atoms with Crippen molar-refractivity contribution in [3.05, 3.63) is 36.0 Å². The van der Waals surface area contributed by atoms with Gasteiger partial charge in [0.05, 0.1) is 0 Å². The van der Waals surface area contributed by atoms with E-state index in [1.165, 1.54) is 68.1 Å². The predicted octanol–water partition coefficient (Wildman–Crippen LogP) is 5.38. The summed E-state index contributed by atoms with van der Waals surface area (Å²) in [4.78, 5) is 2.81. The van der Waals surface area contributed by atoms with Crippen LogP contribution in [0.5, 0.6) is 0 Å². The van der Waals surface area contributed by atoms with Crippen LogP contribution in [0.2, 0.25) is 0 Å². The molecule has 2 heterocycles. The number of nitrogens with two attached hydrogens (primary N) is 1. The molecule has 2 aromatic rings. The third kappa shape index (κ3) is 4.16. The van der Waals surface area contributed by atoms with Crippen molar-refractivity contribution in [2.75, 3.05) is 19.6 Å². The van der Waals surface area contributed by atoms with Crippen LogP contribution in [0, 0.1) is 11.8 Å². The van der Waals surface area contributed by atoms with Crippen molar-refractivity contribution in [3.63, 3.8) is 0 Å². The summed E-state index contributed by atoms with van der Waals surface area (Å²) >= 11 is 0. The van der Waals surface area contributed by atoms with Gasteiger partial charge in [0.25, 0.3) is 0 Å². The van der Waals surface area contributed by atoms with Crippen molar-refractivity contribution in [2.45, 2.75) is 77.3 Å². The zero-order valence-electron chi connectivity index (χ0n) is 17.9. The normalized spacial score (nSPS) is 25.0. The molecule has 2 N–H and O–H groups in total. The quantitative estimate of drug-likeness (QED) is 0.728. The maximum absolute atomic E-state index is 5.77. The number of hydrogen-bond donors (Lipinski definition) is 1. The van der Waals surface area contributed by atoms with Crippen molar-refractivity contribution >= 4 is 10.9 Å². The van der Waals surface area contributed by atoms with Crippen LogP contribution < -0.4 is 5.73 Å². The van der Waals surface area contributed by atoms with E-state index in [0.717, 1.165) is 37.3 Å². The van der Waals surface area contributed by atoms with Crippen molar-refractivity contribution in [3.8, 4) is 0 Å². The fourth-order valence-electron chi connectivity index (χ4n) is 5.73. The second kappa shape index (κ2) is 9.00. The monoisotopic (exact) mass is 381 g/mol. The molecule has 1 aromatic carbocycles. The number of nitrogens with zero attached hydrogens (tertiary/aromatic N) is 2. The minimum atomic E-state index is 0.653. The van der Waals surface area contributed by atoms with Crippen molar-refractivity contribution in [1.82, 2.24) is 9.47 Å². The molecule has 1 saturated carbocycles. The first-order valence-electron chi connectivity index (χ1n) is 11.7. The number of aromatic nitrogens is 1. The van der Waals surface area contributed by atoms with E-state index in [4.69, 9.17) is 5.73 Å². The van der Waals surface area contributed by atoms with Crippen LogP contribution in [0.15, 0.2) is 30.5 Å².